The number of carboxylic acid groups (broad SMARTS) is 1. The van der Waals surface area contributed by atoms with Gasteiger partial charge in [-0.2, -0.15) is 0 Å². The Hall–Kier alpha value is -9.05. The number of carbonyl (C=O) groups is 18. The number of aliphatic carboxylic acids is 1. The summed E-state index contributed by atoms with van der Waals surface area (Å²) in [6, 6.07) is -24.3. The number of aliphatic hydroxyl groups excluding tert-OH is 2. The SMILES string of the molecule is CC(C)C[C@@H]1NC(=O)[C@H](CCC(=O)O)NC(=O)[C@@H]2CCCN2C(=O)[C@H](C)NC(=O)[C@H](CC(N)=O)NC(=O)[C@H](C(C)C)NC(=O)[C@H](CO)NC(=O)[C@@H]2CSSC[C@H](NC(=O)CN)C(=O)N[C@@H](CSSC[C@@H](C(N)=O)NC1=O)C(=O)N[C@@H](CO)C(=O)N[C@@H](Cc1cnc[nH]1)C(=O)N1CCC[C@H]1C(=O)N[C@@H](C)C(=O)N2. The van der Waals surface area contributed by atoms with Crippen molar-refractivity contribution in [2.24, 2.45) is 29.0 Å². The van der Waals surface area contributed by atoms with Gasteiger partial charge in [-0.15, -0.1) is 0 Å². The Balaban J connectivity index is 1.62. The highest BCUT2D eigenvalue weighted by molar-refractivity contribution is 8.77. The molecule has 45 heteroatoms. The average molecular weight is 1590 g/mol. The highest BCUT2D eigenvalue weighted by Gasteiger charge is 2.43. The molecular weight excluding hydrogens is 1490 g/mol. The second-order valence-corrected chi connectivity index (χ2v) is 31.5. The van der Waals surface area contributed by atoms with Crippen molar-refractivity contribution >= 4 is 150 Å². The molecule has 5 heterocycles. The number of H-pyrrole nitrogens is 1. The van der Waals surface area contributed by atoms with E-state index in [0.29, 0.717) is 5.69 Å². The summed E-state index contributed by atoms with van der Waals surface area (Å²) in [7, 11) is 3.19. The van der Waals surface area contributed by atoms with Gasteiger partial charge in [0.15, 0.2) is 0 Å². The van der Waals surface area contributed by atoms with Crippen molar-refractivity contribution in [1.29, 1.82) is 0 Å². The summed E-state index contributed by atoms with van der Waals surface area (Å²) >= 11 is 0. The number of carboxylic acids is 1. The zero-order valence-electron chi connectivity index (χ0n) is 59.6. The molecule has 0 spiro atoms. The lowest BCUT2D eigenvalue weighted by Crippen LogP contribution is -2.62. The van der Waals surface area contributed by atoms with Crippen LogP contribution in [0.4, 0.5) is 0 Å². The van der Waals surface area contributed by atoms with Crippen LogP contribution in [-0.4, -0.2) is 288 Å². The fourth-order valence-corrected chi connectivity index (χ4v) is 16.0. The summed E-state index contributed by atoms with van der Waals surface area (Å²) in [6.07, 6.45) is 0.565. The smallest absolute Gasteiger partial charge is 0.303 e. The first kappa shape index (κ1) is 88.6. The molecular formula is C62H96N20O21S4. The second kappa shape index (κ2) is 43.1. The molecule has 4 aliphatic rings. The minimum atomic E-state index is -1.93. The molecule has 2 bridgehead atoms. The monoisotopic (exact) mass is 1580 g/mol. The average Bonchev–Trinajstić information content (AvgIpc) is 1.82. The number of imidazole rings is 1. The number of fused-ring (bicyclic) bond motifs is 10. The number of nitrogens with zero attached hydrogens (tertiary/aromatic N) is 3. The molecule has 107 heavy (non-hydrogen) atoms. The van der Waals surface area contributed by atoms with Crippen molar-refractivity contribution in [2.45, 2.75) is 190 Å². The molecule has 1 aromatic heterocycles. The lowest BCUT2D eigenvalue weighted by atomic mass is 10.0. The van der Waals surface area contributed by atoms with Crippen LogP contribution in [0.25, 0.3) is 0 Å². The number of rotatable bonds is 15. The van der Waals surface area contributed by atoms with E-state index in [2.05, 4.69) is 79.1 Å². The number of aliphatic hydroxyl groups is 2. The number of aromatic nitrogens is 2. The Kier molecular flexibility index (Phi) is 35.7. The molecule has 0 aliphatic carbocycles. The maximum absolute atomic E-state index is 14.7. The predicted octanol–water partition coefficient (Wildman–Crippen LogP) is -9.06. The van der Waals surface area contributed by atoms with Gasteiger partial charge in [-0.1, -0.05) is 70.9 Å². The van der Waals surface area contributed by atoms with Crippen LogP contribution >= 0.6 is 43.2 Å². The van der Waals surface area contributed by atoms with Crippen molar-refractivity contribution in [2.75, 3.05) is 55.9 Å². The van der Waals surface area contributed by atoms with E-state index in [4.69, 9.17) is 17.2 Å². The Morgan fingerprint density at radius 1 is 0.551 bits per heavy atom. The number of amides is 17. The highest BCUT2D eigenvalue weighted by atomic mass is 33.1. The highest BCUT2D eigenvalue weighted by Crippen LogP contribution is 2.27. The standard InChI is InChI=1S/C62H96N20O21S4/c1-27(2)15-33-52(93)77-38(48(65)89)22-104-106-25-41-57(98)75-36(20-83)53(94)74-35(16-31-19-66-26-67-31)62(103)82-14-8-9-42(82)58(99)68-29(5)49(90)78-40(24-107-105-23-39(55(96)79-41)70-45(86)18-63)56(97)76-37(21-84)54(95)80-47(28(3)4)60(101)73-34(17-44(64)85)51(92)69-30(6)61(102)81-13-7-10-43(81)59(100)71-32(50(91)72-33)11-12-46(87)88/h19,26-30,32-43,47,83-84H,7-18,20-25,63H2,1-6H3,(H2,64,85)(H2,65,89)(H,66,67)(H,68,99)(H,69,92)(H,70,86)(H,71,100)(H,72,91)(H,73,101)(H,74,94)(H,75,98)(H,76,97)(H,77,93)(H,78,90)(H,79,96)(H,80,95)(H,87,88)/t29-,30-,32-,33-,34-,35-,36-,37-,38-,39-,40-,41-,42-,43-,47-/m0/s1. The summed E-state index contributed by atoms with van der Waals surface area (Å²) in [5.41, 5.74) is 17.3. The van der Waals surface area contributed by atoms with Gasteiger partial charge in [-0.25, -0.2) is 4.98 Å². The van der Waals surface area contributed by atoms with Crippen molar-refractivity contribution in [3.05, 3.63) is 18.2 Å². The van der Waals surface area contributed by atoms with Crippen LogP contribution < -0.4 is 86.3 Å². The topological polar surface area (TPSA) is 638 Å². The van der Waals surface area contributed by atoms with Crippen LogP contribution in [0.1, 0.15) is 98.6 Å². The van der Waals surface area contributed by atoms with Crippen LogP contribution in [0.3, 0.4) is 0 Å². The zero-order valence-corrected chi connectivity index (χ0v) is 62.9. The minimum Gasteiger partial charge on any atom is -0.481 e. The molecule has 594 valence electrons. The van der Waals surface area contributed by atoms with Crippen LogP contribution in [-0.2, 0) is 92.7 Å². The molecule has 5 rings (SSSR count). The molecule has 0 saturated carbocycles. The number of hydrogen-bond donors (Lipinski definition) is 20. The first-order valence-electron chi connectivity index (χ1n) is 34.3. The number of nitrogens with one attached hydrogen (secondary N) is 14. The quantitative estimate of drug-likeness (QED) is 0.0725. The van der Waals surface area contributed by atoms with Crippen molar-refractivity contribution < 1.29 is 102 Å². The van der Waals surface area contributed by atoms with E-state index < -0.39 is 265 Å². The molecule has 0 unspecified atom stereocenters. The lowest BCUT2D eigenvalue weighted by molar-refractivity contribution is -0.142. The van der Waals surface area contributed by atoms with Gasteiger partial charge in [0.05, 0.1) is 32.5 Å². The van der Waals surface area contributed by atoms with Gasteiger partial charge in [0.2, 0.25) is 100 Å². The molecule has 1 aromatic rings. The van der Waals surface area contributed by atoms with E-state index in [0.717, 1.165) is 53.0 Å². The van der Waals surface area contributed by atoms with Gasteiger partial charge in [0.25, 0.3) is 0 Å². The molecule has 4 aliphatic heterocycles. The molecule has 17 amide bonds. The van der Waals surface area contributed by atoms with Gasteiger partial charge in [-0.05, 0) is 64.2 Å². The number of hydrogen-bond acceptors (Lipinski definition) is 26. The number of primary amides is 2. The Morgan fingerprint density at radius 2 is 1.04 bits per heavy atom. The van der Waals surface area contributed by atoms with E-state index in [-0.39, 0.29) is 57.5 Å². The van der Waals surface area contributed by atoms with Gasteiger partial charge < -0.3 is 116 Å². The fraction of sp³-hybridized carbons (Fsp3) is 0.661. The summed E-state index contributed by atoms with van der Waals surface area (Å²) in [5, 5.41) is 62.8. The predicted molar refractivity (Wildman–Crippen MR) is 385 cm³/mol. The molecule has 41 nitrogen and oxygen atoms in total. The Bertz CT molecular complexity index is 3420. The maximum atomic E-state index is 14.7. The summed E-state index contributed by atoms with van der Waals surface area (Å²) < 4.78 is 0. The van der Waals surface area contributed by atoms with E-state index in [1.807, 2.05) is 0 Å². The van der Waals surface area contributed by atoms with Crippen LogP contribution in [0.5, 0.6) is 0 Å². The number of aromatic amines is 1. The number of nitrogens with two attached hydrogens (primary N) is 3. The molecule has 4 fully saturated rings. The summed E-state index contributed by atoms with van der Waals surface area (Å²) in [5.74, 6) is -22.2. The Morgan fingerprint density at radius 3 is 1.57 bits per heavy atom. The first-order chi connectivity index (χ1) is 50.6. The van der Waals surface area contributed by atoms with Crippen molar-refractivity contribution in [3.8, 4) is 0 Å². The van der Waals surface area contributed by atoms with E-state index >= 15 is 0 Å². The van der Waals surface area contributed by atoms with Crippen LogP contribution in [0.2, 0.25) is 0 Å². The van der Waals surface area contributed by atoms with E-state index in [1.54, 1.807) is 13.8 Å². The van der Waals surface area contributed by atoms with Gasteiger partial charge >= 0.3 is 5.97 Å². The van der Waals surface area contributed by atoms with Crippen molar-refractivity contribution in [3.63, 3.8) is 0 Å². The van der Waals surface area contributed by atoms with Crippen LogP contribution in [0.15, 0.2) is 12.5 Å². The van der Waals surface area contributed by atoms with Crippen LogP contribution in [0, 0.1) is 11.8 Å². The van der Waals surface area contributed by atoms with Gasteiger partial charge in [-0.3, -0.25) is 86.3 Å². The van der Waals surface area contributed by atoms with Crippen molar-refractivity contribution in [1.82, 2.24) is 88.9 Å². The van der Waals surface area contributed by atoms with Gasteiger partial charge in [0, 0.05) is 60.8 Å². The number of carbonyl (C=O) groups excluding carboxylic acids is 17. The van der Waals surface area contributed by atoms with E-state index in [9.17, 15) is 102 Å². The fourth-order valence-electron chi connectivity index (χ4n) is 11.4. The first-order valence-corrected chi connectivity index (χ1v) is 39.3. The van der Waals surface area contributed by atoms with E-state index in [1.165, 1.54) is 40.2 Å². The third-order valence-electron chi connectivity index (χ3n) is 17.2. The third-order valence-corrected chi connectivity index (χ3v) is 22.0. The second-order valence-electron chi connectivity index (χ2n) is 26.4. The molecule has 4 saturated heterocycles. The summed E-state index contributed by atoms with van der Waals surface area (Å²) in [4.78, 5) is 260. The Labute approximate surface area is 630 Å². The zero-order chi connectivity index (χ0) is 79.5. The third kappa shape index (κ3) is 27.3. The molecule has 0 aromatic carbocycles. The minimum absolute atomic E-state index is 0.00733. The molecule has 23 N–H and O–H groups in total. The molecule has 15 atom stereocenters. The normalized spacial score (nSPS) is 28.7. The summed E-state index contributed by atoms with van der Waals surface area (Å²) in [6.45, 7) is 5.63. The maximum Gasteiger partial charge on any atom is 0.303 e. The van der Waals surface area contributed by atoms with Gasteiger partial charge in [0.1, 0.15) is 90.6 Å². The lowest BCUT2D eigenvalue weighted by Gasteiger charge is -2.30. The largest absolute Gasteiger partial charge is 0.481 e. The molecule has 0 radical (unpaired) electrons.